The monoisotopic (exact) mass is 412 g/mol. The standard InChI is InChI=1S/C16H20ClF3N2O3S/c1-2-25-21-15(11-6-4-3-5-7-11)13-10-12(17)8-9-14(13)22-26(23,24)16(18,19)20/h8-11,22H,2-7H2,1H3/b21-15+. The Morgan fingerprint density at radius 3 is 2.54 bits per heavy atom. The predicted octanol–water partition coefficient (Wildman–Crippen LogP) is 4.92. The van der Waals surface area contributed by atoms with Gasteiger partial charge in [0.15, 0.2) is 0 Å². The Morgan fingerprint density at radius 2 is 1.96 bits per heavy atom. The molecule has 0 bridgehead atoms. The van der Waals surface area contributed by atoms with E-state index in [1.54, 1.807) is 11.6 Å². The van der Waals surface area contributed by atoms with Crippen LogP contribution in [0.25, 0.3) is 0 Å². The van der Waals surface area contributed by atoms with Gasteiger partial charge in [0.05, 0.1) is 11.4 Å². The van der Waals surface area contributed by atoms with Gasteiger partial charge >= 0.3 is 15.5 Å². The van der Waals surface area contributed by atoms with Gasteiger partial charge in [0.1, 0.15) is 6.61 Å². The zero-order valence-corrected chi connectivity index (χ0v) is 15.7. The minimum absolute atomic E-state index is 0.0390. The van der Waals surface area contributed by atoms with Crippen molar-refractivity contribution in [3.05, 3.63) is 28.8 Å². The number of alkyl halides is 3. The molecule has 0 saturated heterocycles. The first-order valence-electron chi connectivity index (χ1n) is 8.24. The molecule has 0 atom stereocenters. The summed E-state index contributed by atoms with van der Waals surface area (Å²) < 4.78 is 62.9. The number of nitrogens with one attached hydrogen (secondary N) is 1. The quantitative estimate of drug-likeness (QED) is 0.532. The first-order chi connectivity index (χ1) is 12.2. The van der Waals surface area contributed by atoms with E-state index in [1.165, 1.54) is 18.2 Å². The first kappa shape index (κ1) is 20.8. The maximum Gasteiger partial charge on any atom is 0.516 e. The van der Waals surface area contributed by atoms with Crippen LogP contribution in [0.2, 0.25) is 5.02 Å². The SMILES string of the molecule is CCO/N=C(/c1cc(Cl)ccc1NS(=O)(=O)C(F)(F)F)C1CCCCC1. The molecule has 0 radical (unpaired) electrons. The van der Waals surface area contributed by atoms with Crippen molar-refractivity contribution in [2.75, 3.05) is 11.3 Å². The molecule has 10 heteroatoms. The van der Waals surface area contributed by atoms with Gasteiger partial charge in [-0.25, -0.2) is 0 Å². The molecule has 1 aliphatic carbocycles. The van der Waals surface area contributed by atoms with Crippen molar-refractivity contribution in [1.82, 2.24) is 0 Å². The topological polar surface area (TPSA) is 67.8 Å². The molecular formula is C16H20ClF3N2O3S. The molecule has 1 fully saturated rings. The van der Waals surface area contributed by atoms with E-state index in [-0.39, 0.29) is 28.8 Å². The summed E-state index contributed by atoms with van der Waals surface area (Å²) in [6.07, 6.45) is 4.58. The Labute approximate surface area is 155 Å². The number of sulfonamides is 1. The average molecular weight is 413 g/mol. The van der Waals surface area contributed by atoms with Gasteiger partial charge in [0.2, 0.25) is 0 Å². The summed E-state index contributed by atoms with van der Waals surface area (Å²) in [6.45, 7) is 2.01. The van der Waals surface area contributed by atoms with Crippen LogP contribution in [0.1, 0.15) is 44.6 Å². The number of hydrogen-bond donors (Lipinski definition) is 1. The number of benzene rings is 1. The van der Waals surface area contributed by atoms with Crippen molar-refractivity contribution in [1.29, 1.82) is 0 Å². The third-order valence-corrected chi connectivity index (χ3v) is 5.42. The molecule has 146 valence electrons. The second kappa shape index (κ2) is 8.47. The lowest BCUT2D eigenvalue weighted by atomic mass is 9.83. The number of nitrogens with zero attached hydrogens (tertiary/aromatic N) is 1. The Kier molecular flexibility index (Phi) is 6.79. The van der Waals surface area contributed by atoms with E-state index in [0.29, 0.717) is 5.71 Å². The molecule has 1 aliphatic rings. The molecule has 1 aromatic carbocycles. The molecule has 0 unspecified atom stereocenters. The molecule has 0 amide bonds. The van der Waals surface area contributed by atoms with Gasteiger partial charge in [-0.1, -0.05) is 36.0 Å². The summed E-state index contributed by atoms with van der Waals surface area (Å²) in [7, 11) is -5.56. The van der Waals surface area contributed by atoms with Crippen LogP contribution < -0.4 is 4.72 Å². The molecule has 0 spiro atoms. The minimum Gasteiger partial charge on any atom is -0.396 e. The third kappa shape index (κ3) is 5.03. The van der Waals surface area contributed by atoms with Crippen LogP contribution in [-0.2, 0) is 14.9 Å². The zero-order chi connectivity index (χ0) is 19.4. The maximum atomic E-state index is 12.8. The van der Waals surface area contributed by atoms with E-state index < -0.39 is 15.5 Å². The smallest absolute Gasteiger partial charge is 0.396 e. The third-order valence-electron chi connectivity index (χ3n) is 4.09. The average Bonchev–Trinajstić information content (AvgIpc) is 2.57. The molecule has 26 heavy (non-hydrogen) atoms. The van der Waals surface area contributed by atoms with Crippen LogP contribution >= 0.6 is 11.6 Å². The minimum atomic E-state index is -5.56. The Bertz CT molecular complexity index is 760. The van der Waals surface area contributed by atoms with E-state index in [9.17, 15) is 21.6 Å². The molecule has 5 nitrogen and oxygen atoms in total. The molecule has 0 aromatic heterocycles. The number of rotatable bonds is 6. The summed E-state index contributed by atoms with van der Waals surface area (Å²) in [5, 5.41) is 4.33. The van der Waals surface area contributed by atoms with Crippen molar-refractivity contribution in [3.63, 3.8) is 0 Å². The Hall–Kier alpha value is -1.48. The highest BCUT2D eigenvalue weighted by atomic mass is 35.5. The molecule has 1 aromatic rings. The van der Waals surface area contributed by atoms with Gasteiger partial charge in [0.25, 0.3) is 0 Å². The van der Waals surface area contributed by atoms with Crippen LogP contribution in [0.3, 0.4) is 0 Å². The van der Waals surface area contributed by atoms with Gasteiger partial charge in [-0.3, -0.25) is 4.72 Å². The Morgan fingerprint density at radius 1 is 1.31 bits per heavy atom. The van der Waals surface area contributed by atoms with Crippen LogP contribution in [0, 0.1) is 5.92 Å². The highest BCUT2D eigenvalue weighted by molar-refractivity contribution is 7.93. The summed E-state index contributed by atoms with van der Waals surface area (Å²) in [4.78, 5) is 5.14. The van der Waals surface area contributed by atoms with Gasteiger partial charge < -0.3 is 4.84 Å². The fourth-order valence-corrected chi connectivity index (χ4v) is 3.63. The van der Waals surface area contributed by atoms with Crippen LogP contribution in [0.4, 0.5) is 18.9 Å². The van der Waals surface area contributed by atoms with E-state index in [2.05, 4.69) is 5.16 Å². The molecule has 1 saturated carbocycles. The fraction of sp³-hybridized carbons (Fsp3) is 0.562. The van der Waals surface area contributed by atoms with Crippen LogP contribution in [0.5, 0.6) is 0 Å². The van der Waals surface area contributed by atoms with Crippen molar-refractivity contribution in [3.8, 4) is 0 Å². The fourth-order valence-electron chi connectivity index (χ4n) is 2.87. The maximum absolute atomic E-state index is 12.8. The summed E-state index contributed by atoms with van der Waals surface area (Å²) in [6, 6.07) is 3.92. The Balaban J connectivity index is 2.49. The van der Waals surface area contributed by atoms with E-state index in [0.717, 1.165) is 32.1 Å². The lowest BCUT2D eigenvalue weighted by Crippen LogP contribution is -2.31. The van der Waals surface area contributed by atoms with Crippen molar-refractivity contribution in [2.45, 2.75) is 44.5 Å². The molecule has 0 heterocycles. The predicted molar refractivity (Wildman–Crippen MR) is 94.8 cm³/mol. The molecular weight excluding hydrogens is 393 g/mol. The zero-order valence-electron chi connectivity index (χ0n) is 14.1. The van der Waals surface area contributed by atoms with Crippen LogP contribution in [-0.4, -0.2) is 26.2 Å². The highest BCUT2D eigenvalue weighted by Gasteiger charge is 2.46. The van der Waals surface area contributed by atoms with E-state index in [1.807, 2.05) is 0 Å². The van der Waals surface area contributed by atoms with Gasteiger partial charge in [-0.2, -0.15) is 21.6 Å². The van der Waals surface area contributed by atoms with Crippen molar-refractivity contribution in [2.24, 2.45) is 11.1 Å². The second-order valence-electron chi connectivity index (χ2n) is 5.97. The molecule has 1 N–H and O–H groups in total. The normalized spacial score (nSPS) is 17.2. The lowest BCUT2D eigenvalue weighted by Gasteiger charge is -2.25. The number of oxime groups is 1. The largest absolute Gasteiger partial charge is 0.516 e. The van der Waals surface area contributed by atoms with Crippen LogP contribution in [0.15, 0.2) is 23.4 Å². The second-order valence-corrected chi connectivity index (χ2v) is 8.08. The highest BCUT2D eigenvalue weighted by Crippen LogP contribution is 2.33. The summed E-state index contributed by atoms with van der Waals surface area (Å²) in [5.41, 5.74) is -5.04. The van der Waals surface area contributed by atoms with E-state index in [4.69, 9.17) is 16.4 Å². The van der Waals surface area contributed by atoms with Gasteiger partial charge in [-0.15, -0.1) is 0 Å². The summed E-state index contributed by atoms with van der Waals surface area (Å²) in [5.74, 6) is -0.0390. The number of anilines is 1. The molecule has 2 rings (SSSR count). The van der Waals surface area contributed by atoms with Gasteiger partial charge in [0, 0.05) is 16.5 Å². The van der Waals surface area contributed by atoms with E-state index >= 15 is 0 Å². The van der Waals surface area contributed by atoms with Gasteiger partial charge in [-0.05, 0) is 38.0 Å². The first-order valence-corrected chi connectivity index (χ1v) is 10.1. The number of hydrogen-bond acceptors (Lipinski definition) is 4. The van der Waals surface area contributed by atoms with Crippen molar-refractivity contribution >= 4 is 33.0 Å². The van der Waals surface area contributed by atoms with Crippen molar-refractivity contribution < 1.29 is 26.4 Å². The lowest BCUT2D eigenvalue weighted by molar-refractivity contribution is -0.0429. The number of halogens is 4. The summed E-state index contributed by atoms with van der Waals surface area (Å²) >= 11 is 6.00. The molecule has 0 aliphatic heterocycles.